The molecule has 156 valence electrons. The van der Waals surface area contributed by atoms with Crippen LogP contribution in [-0.2, 0) is 6.42 Å². The number of benzene rings is 2. The van der Waals surface area contributed by atoms with E-state index in [1.807, 2.05) is 42.5 Å². The van der Waals surface area contributed by atoms with Crippen LogP contribution < -0.4 is 21.7 Å². The molecule has 0 aliphatic carbocycles. The maximum atomic E-state index is 12.5. The molecule has 1 aliphatic rings. The number of hydrogen-bond donors (Lipinski definition) is 5. The van der Waals surface area contributed by atoms with Crippen molar-refractivity contribution in [1.82, 2.24) is 10.3 Å². The van der Waals surface area contributed by atoms with Crippen molar-refractivity contribution in [2.24, 2.45) is 11.5 Å². The Morgan fingerprint density at radius 1 is 1.17 bits per heavy atom. The predicted molar refractivity (Wildman–Crippen MR) is 121 cm³/mol. The average molecular weight is 405 g/mol. The number of amidine groups is 1. The molecule has 2 aromatic carbocycles. The van der Waals surface area contributed by atoms with Gasteiger partial charge in [0.05, 0.1) is 0 Å². The number of fused-ring (bicyclic) bond motifs is 1. The number of rotatable bonds is 6. The van der Waals surface area contributed by atoms with Crippen molar-refractivity contribution < 1.29 is 4.79 Å². The number of amides is 1. The Labute approximate surface area is 175 Å². The van der Waals surface area contributed by atoms with E-state index in [0.29, 0.717) is 30.1 Å². The Balaban J connectivity index is 1.33. The molecule has 7 nitrogen and oxygen atoms in total. The summed E-state index contributed by atoms with van der Waals surface area (Å²) in [5.41, 5.74) is 16.1. The molecular formula is C23H28N6O. The zero-order valence-electron chi connectivity index (χ0n) is 16.9. The van der Waals surface area contributed by atoms with Crippen LogP contribution >= 0.6 is 0 Å². The lowest BCUT2D eigenvalue weighted by Gasteiger charge is -2.32. The van der Waals surface area contributed by atoms with Gasteiger partial charge >= 0.3 is 0 Å². The summed E-state index contributed by atoms with van der Waals surface area (Å²) in [4.78, 5) is 17.9. The van der Waals surface area contributed by atoms with Gasteiger partial charge < -0.3 is 26.7 Å². The second kappa shape index (κ2) is 8.59. The van der Waals surface area contributed by atoms with Gasteiger partial charge in [0, 0.05) is 59.6 Å². The first-order chi connectivity index (χ1) is 14.5. The lowest BCUT2D eigenvalue weighted by molar-refractivity contribution is 0.0954. The number of carbonyl (C=O) groups excluding carboxylic acids is 1. The van der Waals surface area contributed by atoms with Crippen LogP contribution in [0.3, 0.4) is 0 Å². The number of H-pyrrole nitrogens is 1. The van der Waals surface area contributed by atoms with Gasteiger partial charge in [-0.05, 0) is 61.2 Å². The van der Waals surface area contributed by atoms with Crippen molar-refractivity contribution >= 4 is 28.3 Å². The molecule has 1 fully saturated rings. The normalized spacial score (nSPS) is 14.8. The summed E-state index contributed by atoms with van der Waals surface area (Å²) in [6, 6.07) is 14.1. The summed E-state index contributed by atoms with van der Waals surface area (Å²) in [7, 11) is 0. The molecule has 0 bridgehead atoms. The maximum Gasteiger partial charge on any atom is 0.251 e. The van der Waals surface area contributed by atoms with E-state index < -0.39 is 0 Å². The van der Waals surface area contributed by atoms with Gasteiger partial charge in [-0.2, -0.15) is 0 Å². The van der Waals surface area contributed by atoms with Gasteiger partial charge in [0.25, 0.3) is 5.91 Å². The minimum Gasteiger partial charge on any atom is -0.384 e. The lowest BCUT2D eigenvalue weighted by atomic mass is 10.0. The maximum absolute atomic E-state index is 12.5. The molecule has 0 atom stereocenters. The van der Waals surface area contributed by atoms with Crippen molar-refractivity contribution in [2.75, 3.05) is 24.5 Å². The zero-order valence-corrected chi connectivity index (χ0v) is 16.9. The minimum absolute atomic E-state index is 0.0440. The largest absolute Gasteiger partial charge is 0.384 e. The van der Waals surface area contributed by atoms with E-state index in [-0.39, 0.29) is 11.7 Å². The Morgan fingerprint density at radius 3 is 2.60 bits per heavy atom. The van der Waals surface area contributed by atoms with E-state index in [0.717, 1.165) is 48.1 Å². The third-order valence-electron chi connectivity index (χ3n) is 5.77. The van der Waals surface area contributed by atoms with Crippen molar-refractivity contribution in [3.8, 4) is 0 Å². The molecule has 7 heteroatoms. The fourth-order valence-corrected chi connectivity index (χ4v) is 3.95. The number of nitrogens with zero attached hydrogens (tertiary/aromatic N) is 1. The summed E-state index contributed by atoms with van der Waals surface area (Å²) < 4.78 is 0. The number of anilines is 1. The molecule has 0 unspecified atom stereocenters. The van der Waals surface area contributed by atoms with Gasteiger partial charge in [-0.25, -0.2) is 0 Å². The van der Waals surface area contributed by atoms with E-state index in [1.165, 1.54) is 0 Å². The Hall–Kier alpha value is -3.32. The minimum atomic E-state index is -0.0747. The van der Waals surface area contributed by atoms with Crippen molar-refractivity contribution in [2.45, 2.75) is 25.3 Å². The molecule has 1 amide bonds. The molecule has 1 saturated heterocycles. The molecule has 1 aliphatic heterocycles. The molecule has 0 radical (unpaired) electrons. The molecule has 3 aromatic rings. The summed E-state index contributed by atoms with van der Waals surface area (Å²) in [5.74, 6) is -0.0306. The second-order valence-corrected chi connectivity index (χ2v) is 7.87. The van der Waals surface area contributed by atoms with Crippen molar-refractivity contribution in [3.63, 3.8) is 0 Å². The predicted octanol–water partition coefficient (Wildman–Crippen LogP) is 2.35. The Morgan fingerprint density at radius 2 is 1.90 bits per heavy atom. The van der Waals surface area contributed by atoms with E-state index >= 15 is 0 Å². The number of piperidine rings is 1. The van der Waals surface area contributed by atoms with Gasteiger partial charge in [0.2, 0.25) is 0 Å². The monoisotopic (exact) mass is 404 g/mol. The van der Waals surface area contributed by atoms with Gasteiger partial charge in [0.15, 0.2) is 0 Å². The van der Waals surface area contributed by atoms with Crippen LogP contribution in [0.1, 0.15) is 34.3 Å². The van der Waals surface area contributed by atoms with Crippen molar-refractivity contribution in [1.29, 1.82) is 5.41 Å². The summed E-state index contributed by atoms with van der Waals surface area (Å²) in [5, 5.41) is 11.6. The molecule has 2 heterocycles. The molecule has 4 rings (SSSR count). The number of nitrogens with two attached hydrogens (primary N) is 2. The quantitative estimate of drug-likeness (QED) is 0.319. The number of nitrogens with one attached hydrogen (secondary N) is 3. The average Bonchev–Trinajstić information content (AvgIpc) is 3.18. The SMILES string of the molecule is N=C(N)c1c[nH]c2ccc(CCNC(=O)c3ccc(N4CCC(N)CC4)cc3)cc12. The van der Waals surface area contributed by atoms with E-state index in [2.05, 4.69) is 15.2 Å². The first kappa shape index (κ1) is 20.0. The van der Waals surface area contributed by atoms with Crippen LogP contribution in [-0.4, -0.2) is 42.4 Å². The van der Waals surface area contributed by atoms with Gasteiger partial charge in [-0.1, -0.05) is 6.07 Å². The Bertz CT molecular complexity index is 1050. The topological polar surface area (TPSA) is 124 Å². The summed E-state index contributed by atoms with van der Waals surface area (Å²) in [6.07, 6.45) is 4.46. The highest BCUT2D eigenvalue weighted by Crippen LogP contribution is 2.21. The van der Waals surface area contributed by atoms with Crippen LogP contribution in [0.5, 0.6) is 0 Å². The van der Waals surface area contributed by atoms with Gasteiger partial charge in [0.1, 0.15) is 5.84 Å². The summed E-state index contributed by atoms with van der Waals surface area (Å²) >= 11 is 0. The van der Waals surface area contributed by atoms with Gasteiger partial charge in [-0.3, -0.25) is 10.2 Å². The lowest BCUT2D eigenvalue weighted by Crippen LogP contribution is -2.39. The fraction of sp³-hybridized carbons (Fsp3) is 0.304. The van der Waals surface area contributed by atoms with Crippen LogP contribution in [0.4, 0.5) is 5.69 Å². The highest BCUT2D eigenvalue weighted by Gasteiger charge is 2.16. The smallest absolute Gasteiger partial charge is 0.251 e. The summed E-state index contributed by atoms with van der Waals surface area (Å²) in [6.45, 7) is 2.46. The molecule has 7 N–H and O–H groups in total. The van der Waals surface area contributed by atoms with Crippen LogP contribution in [0.2, 0.25) is 0 Å². The van der Waals surface area contributed by atoms with E-state index in [4.69, 9.17) is 16.9 Å². The molecule has 0 spiro atoms. The van der Waals surface area contributed by atoms with Crippen LogP contribution in [0.25, 0.3) is 10.9 Å². The Kier molecular flexibility index (Phi) is 5.72. The third-order valence-corrected chi connectivity index (χ3v) is 5.77. The zero-order chi connectivity index (χ0) is 21.1. The molecule has 30 heavy (non-hydrogen) atoms. The number of aromatic amines is 1. The van der Waals surface area contributed by atoms with Gasteiger partial charge in [-0.15, -0.1) is 0 Å². The first-order valence-electron chi connectivity index (χ1n) is 10.3. The molecule has 1 aromatic heterocycles. The third kappa shape index (κ3) is 4.31. The molecule has 0 saturated carbocycles. The first-order valence-corrected chi connectivity index (χ1v) is 10.3. The highest BCUT2D eigenvalue weighted by atomic mass is 16.1. The standard InChI is InChI=1S/C23H28N6O/c24-17-8-11-29(12-9-17)18-4-2-16(3-5-18)23(30)27-10-7-15-1-6-21-19(13-15)20(14-28-21)22(25)26/h1-6,13-14,17,28H,7-12,24H2,(H3,25,26)(H,27,30). The van der Waals surface area contributed by atoms with E-state index in [9.17, 15) is 4.79 Å². The number of aromatic nitrogens is 1. The number of hydrogen-bond acceptors (Lipinski definition) is 4. The highest BCUT2D eigenvalue weighted by molar-refractivity contribution is 6.07. The van der Waals surface area contributed by atoms with E-state index in [1.54, 1.807) is 6.20 Å². The molecular weight excluding hydrogens is 376 g/mol. The fourth-order valence-electron chi connectivity index (χ4n) is 3.95. The number of carbonyl (C=O) groups is 1. The second-order valence-electron chi connectivity index (χ2n) is 7.87. The van der Waals surface area contributed by atoms with Crippen molar-refractivity contribution in [3.05, 3.63) is 65.4 Å². The van der Waals surface area contributed by atoms with Crippen LogP contribution in [0, 0.1) is 5.41 Å². The number of nitrogen functional groups attached to an aromatic ring is 1. The van der Waals surface area contributed by atoms with Crippen LogP contribution in [0.15, 0.2) is 48.7 Å².